The first-order valence-corrected chi connectivity index (χ1v) is 13.5. The van der Waals surface area contributed by atoms with Gasteiger partial charge in [0.2, 0.25) is 0 Å². The minimum atomic E-state index is -1.90. The Morgan fingerprint density at radius 2 is 2.03 bits per heavy atom. The van der Waals surface area contributed by atoms with E-state index in [0.717, 1.165) is 54.3 Å². The molecule has 2 N–H and O–H groups in total. The van der Waals surface area contributed by atoms with Gasteiger partial charge in [-0.25, -0.2) is 14.2 Å². The molecule has 38 heavy (non-hydrogen) atoms. The van der Waals surface area contributed by atoms with E-state index in [1.807, 2.05) is 6.92 Å². The van der Waals surface area contributed by atoms with Crippen LogP contribution in [0.3, 0.4) is 0 Å². The summed E-state index contributed by atoms with van der Waals surface area (Å²) >= 11 is 0. The highest BCUT2D eigenvalue weighted by molar-refractivity contribution is 5.93. The molecule has 1 aliphatic carbocycles. The van der Waals surface area contributed by atoms with Crippen molar-refractivity contribution in [1.29, 1.82) is 0 Å². The number of cyclic esters (lactones) is 1. The fourth-order valence-corrected chi connectivity index (χ4v) is 7.33. The molecule has 3 atom stereocenters. The van der Waals surface area contributed by atoms with Gasteiger partial charge in [0.25, 0.3) is 5.56 Å². The molecule has 9 heteroatoms. The molecule has 3 aliphatic heterocycles. The van der Waals surface area contributed by atoms with Gasteiger partial charge in [-0.3, -0.25) is 9.69 Å². The maximum atomic E-state index is 15.1. The molecule has 0 saturated carbocycles. The lowest BCUT2D eigenvalue weighted by atomic mass is 9.81. The smallest absolute Gasteiger partial charge is 0.343 e. The van der Waals surface area contributed by atoms with Crippen LogP contribution in [0.5, 0.6) is 0 Å². The average molecular weight is 520 g/mol. The Balaban J connectivity index is 1.52. The molecule has 0 spiro atoms. The number of hydrogen-bond donors (Lipinski definition) is 2. The molecule has 198 valence electrons. The van der Waals surface area contributed by atoms with Gasteiger partial charge >= 0.3 is 5.97 Å². The zero-order valence-corrected chi connectivity index (χ0v) is 21.5. The van der Waals surface area contributed by atoms with Crippen LogP contribution in [0.4, 0.5) is 4.39 Å². The molecule has 3 aromatic rings. The Morgan fingerprint density at radius 1 is 1.21 bits per heavy atom. The van der Waals surface area contributed by atoms with Crippen molar-refractivity contribution < 1.29 is 24.1 Å². The minimum absolute atomic E-state index is 0.0170. The summed E-state index contributed by atoms with van der Waals surface area (Å²) < 4.78 is 21.9. The summed E-state index contributed by atoms with van der Waals surface area (Å²) in [5.74, 6) is -1.06. The molecule has 4 aliphatic rings. The molecule has 8 nitrogen and oxygen atoms in total. The van der Waals surface area contributed by atoms with Crippen LogP contribution in [-0.2, 0) is 34.7 Å². The summed E-state index contributed by atoms with van der Waals surface area (Å²) in [6.07, 6.45) is 3.51. The van der Waals surface area contributed by atoms with Crippen molar-refractivity contribution in [3.05, 3.63) is 61.7 Å². The van der Waals surface area contributed by atoms with Crippen LogP contribution in [0.2, 0.25) is 0 Å². The Bertz CT molecular complexity index is 1610. The van der Waals surface area contributed by atoms with Gasteiger partial charge in [0.05, 0.1) is 35.6 Å². The van der Waals surface area contributed by atoms with Crippen molar-refractivity contribution in [2.75, 3.05) is 13.2 Å². The van der Waals surface area contributed by atoms with Crippen LogP contribution in [0.1, 0.15) is 72.0 Å². The number of hydrogen-bond acceptors (Lipinski definition) is 7. The van der Waals surface area contributed by atoms with E-state index in [1.54, 1.807) is 17.6 Å². The molecule has 1 aromatic carbocycles. The van der Waals surface area contributed by atoms with E-state index in [9.17, 15) is 19.8 Å². The Morgan fingerprint density at radius 3 is 2.79 bits per heavy atom. The van der Waals surface area contributed by atoms with Crippen LogP contribution in [0, 0.1) is 12.7 Å². The highest BCUT2D eigenvalue weighted by atomic mass is 19.1. The SMILES string of the molecule is CC[C@@]1(O)C(=O)OCc2c1cc1n(c2=O)Cc2c-1nc1cc(F)c(C)c3c1c2[C@@H](N1CCCC1CO)CC3. The molecule has 2 aromatic heterocycles. The van der Waals surface area contributed by atoms with E-state index in [2.05, 4.69) is 4.90 Å². The number of aliphatic hydroxyl groups excluding tert-OH is 1. The third-order valence-electron chi connectivity index (χ3n) is 9.38. The lowest BCUT2D eigenvalue weighted by Crippen LogP contribution is -2.44. The monoisotopic (exact) mass is 519 g/mol. The van der Waals surface area contributed by atoms with Crippen LogP contribution in [0.15, 0.2) is 16.9 Å². The van der Waals surface area contributed by atoms with Gasteiger partial charge in [0, 0.05) is 34.7 Å². The molecule has 1 unspecified atom stereocenters. The van der Waals surface area contributed by atoms with Crippen molar-refractivity contribution in [2.24, 2.45) is 0 Å². The van der Waals surface area contributed by atoms with Crippen LogP contribution >= 0.6 is 0 Å². The number of rotatable bonds is 3. The molecule has 7 rings (SSSR count). The van der Waals surface area contributed by atoms with Crippen LogP contribution < -0.4 is 5.56 Å². The summed E-state index contributed by atoms with van der Waals surface area (Å²) in [5, 5.41) is 22.3. The minimum Gasteiger partial charge on any atom is -0.458 e. The number of fused-ring (bicyclic) bond motifs is 5. The second-order valence-electron chi connectivity index (χ2n) is 11.1. The number of carbonyl (C=O) groups is 1. The van der Waals surface area contributed by atoms with Gasteiger partial charge in [-0.2, -0.15) is 0 Å². The van der Waals surface area contributed by atoms with Gasteiger partial charge in [-0.1, -0.05) is 6.92 Å². The molecule has 1 fully saturated rings. The number of likely N-dealkylation sites (tertiary alicyclic amines) is 1. The number of halogens is 1. The van der Waals surface area contributed by atoms with E-state index >= 15 is 4.39 Å². The molecule has 0 amide bonds. The van der Waals surface area contributed by atoms with Gasteiger partial charge in [0.15, 0.2) is 5.60 Å². The number of aromatic nitrogens is 2. The molecular weight excluding hydrogens is 489 g/mol. The van der Waals surface area contributed by atoms with Crippen molar-refractivity contribution in [2.45, 2.75) is 76.8 Å². The van der Waals surface area contributed by atoms with Crippen molar-refractivity contribution in [1.82, 2.24) is 14.5 Å². The van der Waals surface area contributed by atoms with E-state index in [-0.39, 0.29) is 54.2 Å². The van der Waals surface area contributed by atoms with Gasteiger partial charge < -0.3 is 19.5 Å². The van der Waals surface area contributed by atoms with E-state index in [1.165, 1.54) is 6.07 Å². The number of nitrogens with zero attached hydrogens (tertiary/aromatic N) is 3. The van der Waals surface area contributed by atoms with Crippen LogP contribution in [0.25, 0.3) is 22.3 Å². The Hall–Kier alpha value is -3.14. The number of pyridine rings is 2. The average Bonchev–Trinajstić information content (AvgIpc) is 3.54. The maximum absolute atomic E-state index is 15.1. The first-order valence-electron chi connectivity index (χ1n) is 13.5. The topological polar surface area (TPSA) is 105 Å². The summed E-state index contributed by atoms with van der Waals surface area (Å²) in [7, 11) is 0. The lowest BCUT2D eigenvalue weighted by Gasteiger charge is -2.37. The lowest BCUT2D eigenvalue weighted by molar-refractivity contribution is -0.172. The number of ether oxygens (including phenoxy) is 1. The highest BCUT2D eigenvalue weighted by Gasteiger charge is 2.46. The third-order valence-corrected chi connectivity index (χ3v) is 9.38. The summed E-state index contributed by atoms with van der Waals surface area (Å²) in [6, 6.07) is 3.26. The predicted octanol–water partition coefficient (Wildman–Crippen LogP) is 2.97. The number of aryl methyl sites for hydroxylation is 1. The van der Waals surface area contributed by atoms with E-state index in [4.69, 9.17) is 9.72 Å². The number of aliphatic hydroxyl groups is 2. The summed E-state index contributed by atoms with van der Waals surface area (Å²) in [4.78, 5) is 33.6. The molecule has 5 heterocycles. The largest absolute Gasteiger partial charge is 0.458 e. The van der Waals surface area contributed by atoms with Crippen molar-refractivity contribution in [3.8, 4) is 11.4 Å². The molecule has 1 saturated heterocycles. The number of benzene rings is 1. The normalized spacial score (nSPS) is 25.9. The van der Waals surface area contributed by atoms with Crippen molar-refractivity contribution >= 4 is 16.9 Å². The maximum Gasteiger partial charge on any atom is 0.343 e. The second kappa shape index (κ2) is 8.18. The zero-order chi connectivity index (χ0) is 26.5. The molecule has 0 radical (unpaired) electrons. The summed E-state index contributed by atoms with van der Waals surface area (Å²) in [5.41, 5.74) is 3.57. The fraction of sp³-hybridized carbons (Fsp3) is 0.483. The first-order chi connectivity index (χ1) is 18.3. The van der Waals surface area contributed by atoms with Crippen molar-refractivity contribution in [3.63, 3.8) is 0 Å². The van der Waals surface area contributed by atoms with Crippen LogP contribution in [-0.4, -0.2) is 49.8 Å². The summed E-state index contributed by atoms with van der Waals surface area (Å²) in [6.45, 7) is 4.56. The fourth-order valence-electron chi connectivity index (χ4n) is 7.33. The van der Waals surface area contributed by atoms with E-state index in [0.29, 0.717) is 29.0 Å². The zero-order valence-electron chi connectivity index (χ0n) is 21.5. The predicted molar refractivity (Wildman–Crippen MR) is 137 cm³/mol. The number of esters is 1. The van der Waals surface area contributed by atoms with Gasteiger partial charge in [-0.15, -0.1) is 0 Å². The Labute approximate surface area is 218 Å². The quantitative estimate of drug-likeness (QED) is 0.401. The first kappa shape index (κ1) is 23.9. The number of carbonyl (C=O) groups excluding carboxylic acids is 1. The highest BCUT2D eigenvalue weighted by Crippen LogP contribution is 2.48. The van der Waals surface area contributed by atoms with Gasteiger partial charge in [0.1, 0.15) is 12.4 Å². The van der Waals surface area contributed by atoms with E-state index < -0.39 is 11.6 Å². The molecule has 0 bridgehead atoms. The third kappa shape index (κ3) is 2.98. The second-order valence-corrected chi connectivity index (χ2v) is 11.1. The Kier molecular flexibility index (Phi) is 5.15. The molecular formula is C29H30FN3O5. The van der Waals surface area contributed by atoms with Gasteiger partial charge in [-0.05, 0) is 68.3 Å². The standard InChI is InChI=1S/C29H30FN3O5/c1-3-29(37)19-9-23-26-17(11-33(23)27(35)18(19)13-38-28(29)36)25-22(32-8-4-5-15(32)12-34)7-6-16-14(2)20(30)10-21(31-26)24(16)25/h9-10,15,22,34,37H,3-8,11-13H2,1-2H3/t15?,22-,29-/m0/s1.